The normalized spacial score (nSPS) is 36.0. The van der Waals surface area contributed by atoms with E-state index >= 15 is 0 Å². The first-order valence-electron chi connectivity index (χ1n) is 7.85. The monoisotopic (exact) mass is 253 g/mol. The van der Waals surface area contributed by atoms with E-state index in [1.165, 1.54) is 57.8 Å². The van der Waals surface area contributed by atoms with Gasteiger partial charge in [-0.05, 0) is 38.5 Å². The van der Waals surface area contributed by atoms with E-state index in [0.29, 0.717) is 12.1 Å². The minimum absolute atomic E-state index is 0.227. The molecular formula is C15H27NO2. The Morgan fingerprint density at radius 3 is 2.67 bits per heavy atom. The molecule has 1 saturated carbocycles. The molecule has 0 aromatic carbocycles. The number of ether oxygens (including phenoxy) is 2. The van der Waals surface area contributed by atoms with E-state index in [2.05, 4.69) is 5.32 Å². The van der Waals surface area contributed by atoms with Crippen LogP contribution < -0.4 is 5.32 Å². The van der Waals surface area contributed by atoms with E-state index in [-0.39, 0.29) is 5.60 Å². The van der Waals surface area contributed by atoms with Gasteiger partial charge in [-0.15, -0.1) is 0 Å². The SMILES string of the molecule is C1CCC2(CC1)CC(NCC1CCCO1)CCO2. The lowest BCUT2D eigenvalue weighted by Crippen LogP contribution is -2.49. The predicted molar refractivity (Wildman–Crippen MR) is 71.8 cm³/mol. The second-order valence-corrected chi connectivity index (χ2v) is 6.33. The maximum absolute atomic E-state index is 6.14. The van der Waals surface area contributed by atoms with Gasteiger partial charge >= 0.3 is 0 Å². The lowest BCUT2D eigenvalue weighted by Gasteiger charge is -2.44. The van der Waals surface area contributed by atoms with Crippen LogP contribution in [-0.2, 0) is 9.47 Å². The predicted octanol–water partition coefficient (Wildman–Crippen LogP) is 2.64. The van der Waals surface area contributed by atoms with Gasteiger partial charge in [0.2, 0.25) is 0 Å². The highest BCUT2D eigenvalue weighted by atomic mass is 16.5. The fraction of sp³-hybridized carbons (Fsp3) is 1.00. The van der Waals surface area contributed by atoms with Crippen molar-refractivity contribution in [2.24, 2.45) is 0 Å². The van der Waals surface area contributed by atoms with E-state index in [9.17, 15) is 0 Å². The second-order valence-electron chi connectivity index (χ2n) is 6.33. The molecule has 0 aromatic heterocycles. The van der Waals surface area contributed by atoms with Crippen LogP contribution in [0.15, 0.2) is 0 Å². The van der Waals surface area contributed by atoms with Gasteiger partial charge in [-0.2, -0.15) is 0 Å². The van der Waals surface area contributed by atoms with Crippen molar-refractivity contribution in [3.8, 4) is 0 Å². The van der Waals surface area contributed by atoms with Gasteiger partial charge in [0, 0.05) is 25.8 Å². The van der Waals surface area contributed by atoms with Crippen LogP contribution in [0.25, 0.3) is 0 Å². The Hall–Kier alpha value is -0.120. The van der Waals surface area contributed by atoms with Crippen molar-refractivity contribution >= 4 is 0 Å². The third-order valence-corrected chi connectivity index (χ3v) is 4.92. The fourth-order valence-corrected chi connectivity index (χ4v) is 3.85. The van der Waals surface area contributed by atoms with Gasteiger partial charge in [0.1, 0.15) is 0 Å². The molecule has 3 aliphatic rings. The molecule has 3 nitrogen and oxygen atoms in total. The molecule has 2 aliphatic heterocycles. The molecule has 1 N–H and O–H groups in total. The van der Waals surface area contributed by atoms with Crippen LogP contribution in [-0.4, -0.2) is 37.5 Å². The third-order valence-electron chi connectivity index (χ3n) is 4.92. The van der Waals surface area contributed by atoms with Gasteiger partial charge in [0.15, 0.2) is 0 Å². The number of rotatable bonds is 3. The van der Waals surface area contributed by atoms with Crippen molar-refractivity contribution < 1.29 is 9.47 Å². The van der Waals surface area contributed by atoms with Crippen LogP contribution in [0.1, 0.15) is 57.8 Å². The molecule has 2 heterocycles. The number of hydrogen-bond acceptors (Lipinski definition) is 3. The first kappa shape index (κ1) is 12.9. The Morgan fingerprint density at radius 1 is 1.00 bits per heavy atom. The summed E-state index contributed by atoms with van der Waals surface area (Å²) in [6, 6.07) is 0.654. The van der Waals surface area contributed by atoms with E-state index in [0.717, 1.165) is 19.8 Å². The highest BCUT2D eigenvalue weighted by Gasteiger charge is 2.38. The molecule has 0 bridgehead atoms. The lowest BCUT2D eigenvalue weighted by molar-refractivity contribution is -0.109. The summed E-state index contributed by atoms with van der Waals surface area (Å²) in [5.41, 5.74) is 0.227. The molecule has 0 amide bonds. The summed E-state index contributed by atoms with van der Waals surface area (Å²) < 4.78 is 11.8. The van der Waals surface area contributed by atoms with Crippen LogP contribution in [0, 0.1) is 0 Å². The quantitative estimate of drug-likeness (QED) is 0.838. The minimum atomic E-state index is 0.227. The maximum atomic E-state index is 6.14. The van der Waals surface area contributed by atoms with Crippen LogP contribution in [0.4, 0.5) is 0 Å². The van der Waals surface area contributed by atoms with Crippen LogP contribution in [0.5, 0.6) is 0 Å². The Bertz CT molecular complexity index is 252. The number of hydrogen-bond donors (Lipinski definition) is 1. The summed E-state index contributed by atoms with van der Waals surface area (Å²) >= 11 is 0. The Kier molecular flexibility index (Phi) is 4.22. The molecule has 2 saturated heterocycles. The van der Waals surface area contributed by atoms with Crippen LogP contribution in [0.3, 0.4) is 0 Å². The second kappa shape index (κ2) is 5.89. The molecule has 104 valence electrons. The lowest BCUT2D eigenvalue weighted by atomic mass is 9.78. The summed E-state index contributed by atoms with van der Waals surface area (Å²) in [6.45, 7) is 2.95. The highest BCUT2D eigenvalue weighted by Crippen LogP contribution is 2.38. The molecule has 18 heavy (non-hydrogen) atoms. The maximum Gasteiger partial charge on any atom is 0.0700 e. The zero-order valence-corrected chi connectivity index (χ0v) is 11.5. The average molecular weight is 253 g/mol. The van der Waals surface area contributed by atoms with Crippen molar-refractivity contribution in [1.82, 2.24) is 5.32 Å². The van der Waals surface area contributed by atoms with Crippen molar-refractivity contribution in [1.29, 1.82) is 0 Å². The summed E-state index contributed by atoms with van der Waals surface area (Å²) in [4.78, 5) is 0. The van der Waals surface area contributed by atoms with Crippen LogP contribution in [0.2, 0.25) is 0 Å². The van der Waals surface area contributed by atoms with Gasteiger partial charge in [0.25, 0.3) is 0 Å². The highest BCUT2D eigenvalue weighted by molar-refractivity contribution is 4.92. The smallest absolute Gasteiger partial charge is 0.0700 e. The largest absolute Gasteiger partial charge is 0.377 e. The van der Waals surface area contributed by atoms with Gasteiger partial charge in [0.05, 0.1) is 11.7 Å². The Labute approximate surface area is 111 Å². The topological polar surface area (TPSA) is 30.5 Å². The van der Waals surface area contributed by atoms with Crippen molar-refractivity contribution in [2.75, 3.05) is 19.8 Å². The molecule has 0 aromatic rings. The zero-order chi connectivity index (χ0) is 12.3. The molecule has 1 aliphatic carbocycles. The average Bonchev–Trinajstić information content (AvgIpc) is 2.91. The van der Waals surface area contributed by atoms with E-state index < -0.39 is 0 Å². The standard InChI is InChI=1S/C15H27NO2/c1-2-7-15(8-3-1)11-13(6-10-18-15)16-12-14-5-4-9-17-14/h13-14,16H,1-12H2. The Balaban J connectivity index is 1.47. The van der Waals surface area contributed by atoms with Gasteiger partial charge < -0.3 is 14.8 Å². The van der Waals surface area contributed by atoms with Gasteiger partial charge in [-0.1, -0.05) is 19.3 Å². The molecule has 3 rings (SSSR count). The van der Waals surface area contributed by atoms with Crippen molar-refractivity contribution in [3.05, 3.63) is 0 Å². The zero-order valence-electron chi connectivity index (χ0n) is 11.5. The summed E-state index contributed by atoms with van der Waals surface area (Å²) in [7, 11) is 0. The van der Waals surface area contributed by atoms with Crippen LogP contribution >= 0.6 is 0 Å². The van der Waals surface area contributed by atoms with E-state index in [4.69, 9.17) is 9.47 Å². The van der Waals surface area contributed by atoms with Gasteiger partial charge in [-0.25, -0.2) is 0 Å². The fourth-order valence-electron chi connectivity index (χ4n) is 3.85. The first-order chi connectivity index (χ1) is 8.86. The van der Waals surface area contributed by atoms with Crippen molar-refractivity contribution in [2.45, 2.75) is 75.5 Å². The van der Waals surface area contributed by atoms with Crippen molar-refractivity contribution in [3.63, 3.8) is 0 Å². The molecule has 3 heteroatoms. The minimum Gasteiger partial charge on any atom is -0.377 e. The molecule has 3 fully saturated rings. The Morgan fingerprint density at radius 2 is 1.89 bits per heavy atom. The molecule has 2 atom stereocenters. The van der Waals surface area contributed by atoms with E-state index in [1.807, 2.05) is 0 Å². The first-order valence-corrected chi connectivity index (χ1v) is 7.85. The van der Waals surface area contributed by atoms with Gasteiger partial charge in [-0.3, -0.25) is 0 Å². The summed E-state index contributed by atoms with van der Waals surface area (Å²) in [5, 5.41) is 3.73. The number of nitrogens with one attached hydrogen (secondary N) is 1. The molecular weight excluding hydrogens is 226 g/mol. The summed E-state index contributed by atoms with van der Waals surface area (Å²) in [6.07, 6.45) is 12.0. The molecule has 1 spiro atoms. The third kappa shape index (κ3) is 3.06. The molecule has 0 radical (unpaired) electrons. The van der Waals surface area contributed by atoms with E-state index in [1.54, 1.807) is 0 Å². The summed E-state index contributed by atoms with van der Waals surface area (Å²) in [5.74, 6) is 0. The molecule has 2 unspecified atom stereocenters.